The van der Waals surface area contributed by atoms with Gasteiger partial charge in [0.2, 0.25) is 5.95 Å². The van der Waals surface area contributed by atoms with Crippen molar-refractivity contribution in [2.45, 2.75) is 57.4 Å². The first-order valence-corrected chi connectivity index (χ1v) is 8.30. The summed E-state index contributed by atoms with van der Waals surface area (Å²) in [5.41, 5.74) is 12.9. The number of nitrogens with zero attached hydrogens (tertiary/aromatic N) is 3. The van der Waals surface area contributed by atoms with E-state index in [-0.39, 0.29) is 0 Å². The highest BCUT2D eigenvalue weighted by atomic mass is 15.2. The van der Waals surface area contributed by atoms with E-state index >= 15 is 0 Å². The van der Waals surface area contributed by atoms with Crippen LogP contribution in [-0.4, -0.2) is 29.1 Å². The van der Waals surface area contributed by atoms with Crippen LogP contribution in [-0.2, 0) is 0 Å². The molecule has 0 atom stereocenters. The zero-order chi connectivity index (χ0) is 14.8. The molecule has 0 spiro atoms. The maximum absolute atomic E-state index is 5.91. The van der Waals surface area contributed by atoms with Crippen molar-refractivity contribution in [1.82, 2.24) is 9.97 Å². The predicted octanol–water partition coefficient (Wildman–Crippen LogP) is 2.28. The van der Waals surface area contributed by atoms with Gasteiger partial charge in [-0.2, -0.15) is 4.98 Å². The van der Waals surface area contributed by atoms with E-state index in [4.69, 9.17) is 11.5 Å². The van der Waals surface area contributed by atoms with E-state index in [1.165, 1.54) is 25.7 Å². The molecule has 2 fully saturated rings. The van der Waals surface area contributed by atoms with Gasteiger partial charge in [0.1, 0.15) is 5.82 Å². The van der Waals surface area contributed by atoms with Gasteiger partial charge in [0.15, 0.2) is 0 Å². The highest BCUT2D eigenvalue weighted by molar-refractivity contribution is 5.45. The molecule has 3 rings (SSSR count). The van der Waals surface area contributed by atoms with Crippen molar-refractivity contribution in [3.63, 3.8) is 0 Å². The smallest absolute Gasteiger partial charge is 0.222 e. The second-order valence-electron chi connectivity index (χ2n) is 6.66. The maximum Gasteiger partial charge on any atom is 0.222 e. The highest BCUT2D eigenvalue weighted by Crippen LogP contribution is 2.36. The van der Waals surface area contributed by atoms with Crippen LogP contribution in [0.1, 0.15) is 57.1 Å². The lowest BCUT2D eigenvalue weighted by atomic mass is 9.78. The predicted molar refractivity (Wildman–Crippen MR) is 86.2 cm³/mol. The number of aromatic nitrogens is 2. The minimum atomic E-state index is 0.333. The summed E-state index contributed by atoms with van der Waals surface area (Å²) < 4.78 is 0. The maximum atomic E-state index is 5.91. The van der Waals surface area contributed by atoms with Crippen LogP contribution in [0.15, 0.2) is 6.07 Å². The minimum absolute atomic E-state index is 0.333. The fourth-order valence-electron chi connectivity index (χ4n) is 3.60. The normalized spacial score (nSPS) is 26.7. The van der Waals surface area contributed by atoms with Crippen LogP contribution in [0.25, 0.3) is 0 Å². The quantitative estimate of drug-likeness (QED) is 0.888. The second-order valence-corrected chi connectivity index (χ2v) is 6.66. The largest absolute Gasteiger partial charge is 0.368 e. The molecule has 116 valence electrons. The van der Waals surface area contributed by atoms with Crippen LogP contribution in [0.5, 0.6) is 0 Å². The van der Waals surface area contributed by atoms with E-state index in [1.807, 2.05) is 0 Å². The summed E-state index contributed by atoms with van der Waals surface area (Å²) in [6.45, 7) is 4.45. The Labute approximate surface area is 127 Å². The summed E-state index contributed by atoms with van der Waals surface area (Å²) >= 11 is 0. The molecule has 0 unspecified atom stereocenters. The third kappa shape index (κ3) is 3.28. The topological polar surface area (TPSA) is 81.1 Å². The lowest BCUT2D eigenvalue weighted by Gasteiger charge is -2.35. The molecule has 0 amide bonds. The molecule has 5 heteroatoms. The molecule has 2 heterocycles. The monoisotopic (exact) mass is 289 g/mol. The standard InChI is InChI=1S/C16H27N5/c1-2-3-11-4-6-21(7-5-11)15-10-14(19-16(18)20-15)12-8-13(17)9-12/h10-13H,2-9,17H2,1H3,(H2,18,19,20). The Bertz CT molecular complexity index is 476. The first-order valence-electron chi connectivity index (χ1n) is 8.30. The summed E-state index contributed by atoms with van der Waals surface area (Å²) in [4.78, 5) is 11.2. The molecular weight excluding hydrogens is 262 g/mol. The van der Waals surface area contributed by atoms with Crippen molar-refractivity contribution in [2.24, 2.45) is 11.7 Å². The molecule has 1 saturated heterocycles. The summed E-state index contributed by atoms with van der Waals surface area (Å²) in [5.74, 6) is 2.77. The highest BCUT2D eigenvalue weighted by Gasteiger charge is 2.30. The van der Waals surface area contributed by atoms with Gasteiger partial charge in [-0.3, -0.25) is 0 Å². The summed E-state index contributed by atoms with van der Waals surface area (Å²) in [7, 11) is 0. The summed E-state index contributed by atoms with van der Waals surface area (Å²) in [6.07, 6.45) is 7.22. The Morgan fingerprint density at radius 1 is 1.24 bits per heavy atom. The van der Waals surface area contributed by atoms with Gasteiger partial charge in [0.05, 0.1) is 5.69 Å². The second kappa shape index (κ2) is 6.18. The van der Waals surface area contributed by atoms with Crippen LogP contribution in [0.2, 0.25) is 0 Å². The van der Waals surface area contributed by atoms with Crippen molar-refractivity contribution >= 4 is 11.8 Å². The number of hydrogen-bond acceptors (Lipinski definition) is 5. The van der Waals surface area contributed by atoms with Gasteiger partial charge in [-0.15, -0.1) is 0 Å². The molecule has 1 aromatic heterocycles. The van der Waals surface area contributed by atoms with Gasteiger partial charge in [-0.25, -0.2) is 4.98 Å². The number of piperidine rings is 1. The van der Waals surface area contributed by atoms with Crippen LogP contribution in [0.4, 0.5) is 11.8 Å². The molecule has 0 aromatic carbocycles. The molecule has 5 nitrogen and oxygen atoms in total. The lowest BCUT2D eigenvalue weighted by Crippen LogP contribution is -2.36. The van der Waals surface area contributed by atoms with Crippen LogP contribution in [0, 0.1) is 5.92 Å². The van der Waals surface area contributed by atoms with Gasteiger partial charge in [0.25, 0.3) is 0 Å². The van der Waals surface area contributed by atoms with E-state index in [0.717, 1.165) is 43.4 Å². The zero-order valence-corrected chi connectivity index (χ0v) is 13.0. The first-order chi connectivity index (χ1) is 10.2. The molecular formula is C16H27N5. The minimum Gasteiger partial charge on any atom is -0.368 e. The molecule has 21 heavy (non-hydrogen) atoms. The Kier molecular flexibility index (Phi) is 4.29. The molecule has 1 aliphatic carbocycles. The van der Waals surface area contributed by atoms with E-state index in [1.54, 1.807) is 0 Å². The van der Waals surface area contributed by atoms with Crippen LogP contribution >= 0.6 is 0 Å². The molecule has 2 aliphatic rings. The van der Waals surface area contributed by atoms with Crippen molar-refractivity contribution in [1.29, 1.82) is 0 Å². The van der Waals surface area contributed by atoms with E-state index < -0.39 is 0 Å². The third-order valence-electron chi connectivity index (χ3n) is 4.98. The van der Waals surface area contributed by atoms with Gasteiger partial charge < -0.3 is 16.4 Å². The SMILES string of the molecule is CCCC1CCN(c2cc(C3CC(N)C3)nc(N)n2)CC1. The van der Waals surface area contributed by atoms with E-state index in [0.29, 0.717) is 17.9 Å². The van der Waals surface area contributed by atoms with Crippen molar-refractivity contribution in [3.05, 3.63) is 11.8 Å². The Hall–Kier alpha value is -1.36. The molecule has 1 saturated carbocycles. The molecule has 1 aliphatic heterocycles. The average Bonchev–Trinajstić information content (AvgIpc) is 2.44. The number of anilines is 2. The number of nitrogen functional groups attached to an aromatic ring is 1. The molecule has 1 aromatic rings. The molecule has 0 radical (unpaired) electrons. The lowest BCUT2D eigenvalue weighted by molar-refractivity contribution is 0.345. The molecule has 4 N–H and O–H groups in total. The fraction of sp³-hybridized carbons (Fsp3) is 0.750. The Balaban J connectivity index is 1.68. The van der Waals surface area contributed by atoms with Gasteiger partial charge in [0, 0.05) is 31.1 Å². The number of rotatable bonds is 4. The Morgan fingerprint density at radius 2 is 1.95 bits per heavy atom. The number of nitrogens with two attached hydrogens (primary N) is 2. The summed E-state index contributed by atoms with van der Waals surface area (Å²) in [5, 5.41) is 0. The van der Waals surface area contributed by atoms with Gasteiger partial charge in [-0.1, -0.05) is 19.8 Å². The first kappa shape index (κ1) is 14.6. The number of hydrogen-bond donors (Lipinski definition) is 2. The van der Waals surface area contributed by atoms with Crippen molar-refractivity contribution in [2.75, 3.05) is 23.7 Å². The van der Waals surface area contributed by atoms with Crippen molar-refractivity contribution in [3.8, 4) is 0 Å². The van der Waals surface area contributed by atoms with Crippen LogP contribution in [0.3, 0.4) is 0 Å². The zero-order valence-electron chi connectivity index (χ0n) is 13.0. The average molecular weight is 289 g/mol. The van der Waals surface area contributed by atoms with Crippen molar-refractivity contribution < 1.29 is 0 Å². The van der Waals surface area contributed by atoms with Crippen LogP contribution < -0.4 is 16.4 Å². The van der Waals surface area contributed by atoms with Gasteiger partial charge >= 0.3 is 0 Å². The third-order valence-corrected chi connectivity index (χ3v) is 4.98. The van der Waals surface area contributed by atoms with E-state index in [2.05, 4.69) is 27.9 Å². The molecule has 0 bridgehead atoms. The fourth-order valence-corrected chi connectivity index (χ4v) is 3.60. The van der Waals surface area contributed by atoms with E-state index in [9.17, 15) is 0 Å². The Morgan fingerprint density at radius 3 is 2.57 bits per heavy atom. The summed E-state index contributed by atoms with van der Waals surface area (Å²) in [6, 6.07) is 2.46. The van der Waals surface area contributed by atoms with Gasteiger partial charge in [-0.05, 0) is 31.6 Å².